The zero-order valence-electron chi connectivity index (χ0n) is 20.9. The van der Waals surface area contributed by atoms with E-state index in [9.17, 15) is 4.79 Å². The monoisotopic (exact) mass is 557 g/mol. The van der Waals surface area contributed by atoms with Gasteiger partial charge in [-0.25, -0.2) is 19.3 Å². The van der Waals surface area contributed by atoms with E-state index in [-0.39, 0.29) is 23.1 Å². The fourth-order valence-corrected chi connectivity index (χ4v) is 5.78. The van der Waals surface area contributed by atoms with Gasteiger partial charge in [0.1, 0.15) is 11.6 Å². The van der Waals surface area contributed by atoms with Crippen LogP contribution in [0.25, 0.3) is 0 Å². The highest BCUT2D eigenvalue weighted by Crippen LogP contribution is 2.36. The second-order valence-electron chi connectivity index (χ2n) is 8.34. The van der Waals surface area contributed by atoms with E-state index in [1.807, 2.05) is 72.8 Å². The number of rotatable bonds is 10. The number of carbonyl (C=O) groups excluding carboxylic acids is 1. The number of amides is 1. The number of nitrogens with zero attached hydrogens (tertiary/aromatic N) is 3. The molecule has 1 unspecified atom stereocenters. The Morgan fingerprint density at radius 3 is 2.46 bits per heavy atom. The highest BCUT2D eigenvalue weighted by molar-refractivity contribution is 8.01. The first kappa shape index (κ1) is 26.3. The number of nitrogens with one attached hydrogen (secondary N) is 2. The number of halogens is 1. The zero-order valence-corrected chi connectivity index (χ0v) is 22.5. The highest BCUT2D eigenvalue weighted by Gasteiger charge is 2.21. The highest BCUT2D eigenvalue weighted by atomic mass is 32.2. The summed E-state index contributed by atoms with van der Waals surface area (Å²) in [4.78, 5) is 26.0. The number of hydrogen-bond acceptors (Lipinski definition) is 8. The van der Waals surface area contributed by atoms with Crippen molar-refractivity contribution in [1.82, 2.24) is 20.3 Å². The predicted molar refractivity (Wildman–Crippen MR) is 152 cm³/mol. The van der Waals surface area contributed by atoms with Crippen LogP contribution in [0.5, 0.6) is 5.75 Å². The van der Waals surface area contributed by atoms with Crippen LogP contribution in [0.1, 0.15) is 27.5 Å². The van der Waals surface area contributed by atoms with E-state index in [4.69, 9.17) is 4.74 Å². The molecule has 0 aliphatic rings. The van der Waals surface area contributed by atoms with E-state index in [1.54, 1.807) is 25.6 Å². The normalized spacial score (nSPS) is 11.5. The Bertz CT molecular complexity index is 1530. The van der Waals surface area contributed by atoms with Crippen LogP contribution >= 0.6 is 23.1 Å². The molecule has 5 rings (SSSR count). The maximum atomic E-state index is 15.4. The van der Waals surface area contributed by atoms with Crippen molar-refractivity contribution in [3.05, 3.63) is 120 Å². The number of carbonyl (C=O) groups is 1. The van der Waals surface area contributed by atoms with Crippen LogP contribution in [0, 0.1) is 5.82 Å². The van der Waals surface area contributed by atoms with Gasteiger partial charge in [-0.3, -0.25) is 4.79 Å². The molecule has 39 heavy (non-hydrogen) atoms. The van der Waals surface area contributed by atoms with E-state index in [2.05, 4.69) is 25.6 Å². The van der Waals surface area contributed by atoms with Crippen LogP contribution in [-0.2, 0) is 0 Å². The molecule has 1 atom stereocenters. The van der Waals surface area contributed by atoms with Crippen molar-refractivity contribution in [2.45, 2.75) is 15.0 Å². The summed E-state index contributed by atoms with van der Waals surface area (Å²) in [6, 6.07) is 24.6. The Morgan fingerprint density at radius 1 is 0.949 bits per heavy atom. The van der Waals surface area contributed by atoms with Gasteiger partial charge in [0.2, 0.25) is 0 Å². The molecule has 0 bridgehead atoms. The smallest absolute Gasteiger partial charge is 0.273 e. The number of anilines is 2. The van der Waals surface area contributed by atoms with Crippen molar-refractivity contribution in [3.8, 4) is 5.75 Å². The molecule has 0 spiro atoms. The number of benzene rings is 2. The molecule has 2 N–H and O–H groups in total. The minimum atomic E-state index is -0.673. The molecule has 1 amide bonds. The van der Waals surface area contributed by atoms with Crippen molar-refractivity contribution in [2.75, 3.05) is 19.0 Å². The van der Waals surface area contributed by atoms with Gasteiger partial charge in [0, 0.05) is 24.9 Å². The summed E-state index contributed by atoms with van der Waals surface area (Å²) in [5.41, 5.74) is 1.78. The van der Waals surface area contributed by atoms with Crippen LogP contribution < -0.4 is 15.4 Å². The topological polar surface area (TPSA) is 89.0 Å². The fraction of sp³-hybridized carbons (Fsp3) is 0.103. The van der Waals surface area contributed by atoms with Crippen molar-refractivity contribution in [1.29, 1.82) is 0 Å². The van der Waals surface area contributed by atoms with Gasteiger partial charge in [-0.15, -0.1) is 0 Å². The summed E-state index contributed by atoms with van der Waals surface area (Å²) in [7, 11) is 1.62. The summed E-state index contributed by atoms with van der Waals surface area (Å²) >= 11 is 2.55. The van der Waals surface area contributed by atoms with E-state index >= 15 is 4.39 Å². The van der Waals surface area contributed by atoms with Crippen LogP contribution in [0.15, 0.2) is 107 Å². The minimum absolute atomic E-state index is 0.135. The fourth-order valence-electron chi connectivity index (χ4n) is 3.91. The summed E-state index contributed by atoms with van der Waals surface area (Å²) in [6.07, 6.45) is 4.77. The number of ether oxygens (including phenoxy) is 1. The van der Waals surface area contributed by atoms with Gasteiger partial charge < -0.3 is 15.4 Å². The minimum Gasteiger partial charge on any atom is -0.497 e. The van der Waals surface area contributed by atoms with Crippen molar-refractivity contribution in [3.63, 3.8) is 0 Å². The second-order valence-corrected chi connectivity index (χ2v) is 10.7. The molecule has 2 aromatic carbocycles. The number of pyridine rings is 2. The third kappa shape index (κ3) is 6.60. The number of thiazole rings is 1. The number of methoxy groups -OCH3 is 1. The first-order valence-electron chi connectivity index (χ1n) is 12.0. The quantitative estimate of drug-likeness (QED) is 0.202. The van der Waals surface area contributed by atoms with Gasteiger partial charge in [-0.1, -0.05) is 71.6 Å². The Labute approximate surface area is 233 Å². The molecular weight excluding hydrogens is 533 g/mol. The van der Waals surface area contributed by atoms with Crippen LogP contribution in [-0.4, -0.2) is 34.5 Å². The number of hydrogen-bond donors (Lipinski definition) is 2. The summed E-state index contributed by atoms with van der Waals surface area (Å²) in [6.45, 7) is 0.269. The lowest BCUT2D eigenvalue weighted by Crippen LogP contribution is -2.30. The molecule has 0 radical (unpaired) electrons. The lowest BCUT2D eigenvalue weighted by atomic mass is 9.91. The summed E-state index contributed by atoms with van der Waals surface area (Å²) < 4.78 is 21.4. The van der Waals surface area contributed by atoms with Crippen LogP contribution in [0.2, 0.25) is 0 Å². The molecule has 7 nitrogen and oxygen atoms in total. The molecule has 0 aliphatic heterocycles. The summed E-state index contributed by atoms with van der Waals surface area (Å²) in [5, 5.41) is 6.63. The van der Waals surface area contributed by atoms with E-state index in [1.165, 1.54) is 29.3 Å². The first-order chi connectivity index (χ1) is 19.1. The maximum absolute atomic E-state index is 15.4. The molecule has 5 aromatic rings. The van der Waals surface area contributed by atoms with Crippen molar-refractivity contribution < 1.29 is 13.9 Å². The summed E-state index contributed by atoms with van der Waals surface area (Å²) in [5.74, 6) is 0.0279. The third-order valence-corrected chi connectivity index (χ3v) is 7.90. The third-order valence-electron chi connectivity index (χ3n) is 5.85. The molecule has 0 aliphatic carbocycles. The van der Waals surface area contributed by atoms with Crippen LogP contribution in [0.3, 0.4) is 0 Å². The molecule has 0 saturated carbocycles. The van der Waals surface area contributed by atoms with E-state index < -0.39 is 11.7 Å². The van der Waals surface area contributed by atoms with Gasteiger partial charge in [0.15, 0.2) is 16.6 Å². The lowest BCUT2D eigenvalue weighted by Gasteiger charge is -2.19. The molecule has 0 saturated heterocycles. The van der Waals surface area contributed by atoms with E-state index in [0.717, 1.165) is 21.1 Å². The largest absolute Gasteiger partial charge is 0.497 e. The van der Waals surface area contributed by atoms with Crippen molar-refractivity contribution >= 4 is 40.0 Å². The van der Waals surface area contributed by atoms with Gasteiger partial charge in [0.05, 0.1) is 22.4 Å². The number of aromatic nitrogens is 3. The molecule has 196 valence electrons. The first-order valence-corrected chi connectivity index (χ1v) is 13.7. The second kappa shape index (κ2) is 12.5. The maximum Gasteiger partial charge on any atom is 0.273 e. The van der Waals surface area contributed by atoms with Crippen molar-refractivity contribution in [2.24, 2.45) is 0 Å². The Hall–Kier alpha value is -4.28. The van der Waals surface area contributed by atoms with Gasteiger partial charge >= 0.3 is 0 Å². The standard InChI is InChI=1S/C29H24FN5O2S2/c1-37-21-12-10-20(11-13-21)22(19-7-3-2-4-8-19)17-33-28(36)27-26(30)23(14-16-32-27)38-25-18-34-29(39-25)35-24-9-5-6-15-31-24/h2-16,18,22H,17H2,1H3,(H,33,36)(H,31,34,35). The van der Waals surface area contributed by atoms with Gasteiger partial charge in [-0.05, 0) is 41.5 Å². The molecule has 3 aromatic heterocycles. The van der Waals surface area contributed by atoms with Crippen LogP contribution in [0.4, 0.5) is 15.3 Å². The molecule has 10 heteroatoms. The Morgan fingerprint density at radius 2 is 1.72 bits per heavy atom. The zero-order chi connectivity index (χ0) is 27.0. The van der Waals surface area contributed by atoms with Gasteiger partial charge in [0.25, 0.3) is 5.91 Å². The predicted octanol–water partition coefficient (Wildman–Crippen LogP) is 6.54. The average Bonchev–Trinajstić information content (AvgIpc) is 3.42. The SMILES string of the molecule is COc1ccc(C(CNC(=O)c2nccc(Sc3cnc(Nc4ccccn4)s3)c2F)c2ccccc2)cc1. The molecular formula is C29H24FN5O2S2. The Balaban J connectivity index is 1.29. The molecule has 3 heterocycles. The Kier molecular flexibility index (Phi) is 8.45. The van der Waals surface area contributed by atoms with E-state index in [0.29, 0.717) is 10.9 Å². The average molecular weight is 558 g/mol. The van der Waals surface area contributed by atoms with Gasteiger partial charge in [-0.2, -0.15) is 0 Å². The lowest BCUT2D eigenvalue weighted by molar-refractivity contribution is 0.0942. The molecule has 0 fully saturated rings.